The van der Waals surface area contributed by atoms with Crippen LogP contribution in [0.15, 0.2) is 36.7 Å². The number of halogens is 2. The average Bonchev–Trinajstić information content (AvgIpc) is 2.61. The number of aromatic nitrogens is 1. The third-order valence-electron chi connectivity index (χ3n) is 3.55. The minimum atomic E-state index is -0.168. The van der Waals surface area contributed by atoms with Crippen molar-refractivity contribution in [3.05, 3.63) is 57.8 Å². The highest BCUT2D eigenvalue weighted by Gasteiger charge is 2.08. The maximum atomic E-state index is 12.2. The largest absolute Gasteiger partial charge is 0.385 e. The number of anilines is 1. The van der Waals surface area contributed by atoms with Gasteiger partial charge in [0.15, 0.2) is 0 Å². The van der Waals surface area contributed by atoms with E-state index < -0.39 is 0 Å². The van der Waals surface area contributed by atoms with Crippen LogP contribution in [-0.2, 0) is 11.2 Å². The summed E-state index contributed by atoms with van der Waals surface area (Å²) in [6.07, 6.45) is 4.75. The maximum Gasteiger partial charge on any atom is 0.252 e. The Labute approximate surface area is 157 Å². The predicted molar refractivity (Wildman–Crippen MR) is 102 cm³/mol. The number of benzene rings is 1. The lowest BCUT2D eigenvalue weighted by molar-refractivity contribution is 0.0954. The molecule has 0 saturated heterocycles. The molecule has 0 fully saturated rings. The van der Waals surface area contributed by atoms with E-state index in [9.17, 15) is 4.79 Å². The molecule has 0 atom stereocenters. The van der Waals surface area contributed by atoms with Crippen molar-refractivity contribution in [2.24, 2.45) is 0 Å². The van der Waals surface area contributed by atoms with Gasteiger partial charge in [0.1, 0.15) is 0 Å². The van der Waals surface area contributed by atoms with Gasteiger partial charge in [0.2, 0.25) is 0 Å². The minimum Gasteiger partial charge on any atom is -0.385 e. The van der Waals surface area contributed by atoms with Crippen molar-refractivity contribution in [2.45, 2.75) is 12.8 Å². The summed E-state index contributed by atoms with van der Waals surface area (Å²) in [5.74, 6) is -0.168. The first-order valence-corrected chi connectivity index (χ1v) is 8.75. The van der Waals surface area contributed by atoms with E-state index in [4.69, 9.17) is 27.9 Å². The highest BCUT2D eigenvalue weighted by Crippen LogP contribution is 2.21. The summed E-state index contributed by atoms with van der Waals surface area (Å²) in [5.41, 5.74) is 2.27. The number of hydrogen-bond acceptors (Lipinski definition) is 4. The topological polar surface area (TPSA) is 63.2 Å². The second-order valence-electron chi connectivity index (χ2n) is 5.48. The van der Waals surface area contributed by atoms with Crippen LogP contribution in [0.3, 0.4) is 0 Å². The molecule has 2 N–H and O–H groups in total. The normalized spacial score (nSPS) is 10.5. The van der Waals surface area contributed by atoms with Gasteiger partial charge >= 0.3 is 0 Å². The lowest BCUT2D eigenvalue weighted by Crippen LogP contribution is -2.26. The monoisotopic (exact) mass is 381 g/mol. The van der Waals surface area contributed by atoms with Crippen molar-refractivity contribution >= 4 is 34.8 Å². The summed E-state index contributed by atoms with van der Waals surface area (Å²) in [6.45, 7) is 1.93. The molecule has 0 unspecified atom stereocenters. The van der Waals surface area contributed by atoms with Gasteiger partial charge in [-0.2, -0.15) is 0 Å². The average molecular weight is 382 g/mol. The molecular weight excluding hydrogens is 361 g/mol. The Kier molecular flexibility index (Phi) is 7.98. The van der Waals surface area contributed by atoms with Crippen molar-refractivity contribution in [3.8, 4) is 0 Å². The second-order valence-corrected chi connectivity index (χ2v) is 6.32. The first kappa shape index (κ1) is 19.5. The molecule has 1 heterocycles. The molecule has 2 rings (SSSR count). The molecule has 0 spiro atoms. The van der Waals surface area contributed by atoms with Crippen molar-refractivity contribution in [1.29, 1.82) is 0 Å². The Hall–Kier alpha value is -1.82. The SMILES string of the molecule is COCCCNc1cncc(C(=O)NCCc2ccc(Cl)cc2Cl)c1. The van der Waals surface area contributed by atoms with Gasteiger partial charge in [-0.1, -0.05) is 29.3 Å². The van der Waals surface area contributed by atoms with Crippen LogP contribution in [0.5, 0.6) is 0 Å². The molecule has 0 bridgehead atoms. The first-order valence-electron chi connectivity index (χ1n) is 8.00. The minimum absolute atomic E-state index is 0.168. The molecule has 0 aliphatic carbocycles. The van der Waals surface area contributed by atoms with Crippen LogP contribution in [0, 0.1) is 0 Å². The van der Waals surface area contributed by atoms with E-state index in [-0.39, 0.29) is 5.91 Å². The highest BCUT2D eigenvalue weighted by molar-refractivity contribution is 6.35. The molecule has 1 aromatic carbocycles. The van der Waals surface area contributed by atoms with Gasteiger partial charge in [-0.05, 0) is 36.6 Å². The lowest BCUT2D eigenvalue weighted by Gasteiger charge is -2.09. The van der Waals surface area contributed by atoms with Gasteiger partial charge in [0.25, 0.3) is 5.91 Å². The molecule has 1 aromatic heterocycles. The zero-order valence-electron chi connectivity index (χ0n) is 14.0. The fourth-order valence-corrected chi connectivity index (χ4v) is 2.75. The number of nitrogens with one attached hydrogen (secondary N) is 2. The van der Waals surface area contributed by atoms with Crippen LogP contribution in [0.1, 0.15) is 22.3 Å². The van der Waals surface area contributed by atoms with Crippen LogP contribution in [-0.4, -0.2) is 37.7 Å². The molecule has 7 heteroatoms. The van der Waals surface area contributed by atoms with E-state index in [0.717, 1.165) is 24.2 Å². The first-order chi connectivity index (χ1) is 12.1. The fourth-order valence-electron chi connectivity index (χ4n) is 2.25. The highest BCUT2D eigenvalue weighted by atomic mass is 35.5. The lowest BCUT2D eigenvalue weighted by atomic mass is 10.1. The van der Waals surface area contributed by atoms with Gasteiger partial charge in [-0.3, -0.25) is 9.78 Å². The molecule has 134 valence electrons. The smallest absolute Gasteiger partial charge is 0.252 e. The number of ether oxygens (including phenoxy) is 1. The number of carbonyl (C=O) groups is 1. The van der Waals surface area contributed by atoms with Gasteiger partial charge in [0.05, 0.1) is 11.3 Å². The third-order valence-corrected chi connectivity index (χ3v) is 4.14. The second kappa shape index (κ2) is 10.2. The number of amides is 1. The molecule has 0 saturated carbocycles. The molecule has 0 radical (unpaired) electrons. The maximum absolute atomic E-state index is 12.2. The van der Waals surface area contributed by atoms with E-state index in [1.54, 1.807) is 37.7 Å². The summed E-state index contributed by atoms with van der Waals surface area (Å²) in [4.78, 5) is 16.4. The van der Waals surface area contributed by atoms with Crippen molar-refractivity contribution in [1.82, 2.24) is 10.3 Å². The van der Waals surface area contributed by atoms with Gasteiger partial charge in [-0.15, -0.1) is 0 Å². The van der Waals surface area contributed by atoms with Crippen LogP contribution >= 0.6 is 23.2 Å². The molecule has 0 aliphatic rings. The summed E-state index contributed by atoms with van der Waals surface area (Å²) in [6, 6.07) is 7.13. The number of methoxy groups -OCH3 is 1. The van der Waals surface area contributed by atoms with Crippen LogP contribution in [0.4, 0.5) is 5.69 Å². The third kappa shape index (κ3) is 6.53. The van der Waals surface area contributed by atoms with Crippen LogP contribution in [0.25, 0.3) is 0 Å². The van der Waals surface area contributed by atoms with E-state index in [0.29, 0.717) is 35.2 Å². The van der Waals surface area contributed by atoms with Gasteiger partial charge in [-0.25, -0.2) is 0 Å². The van der Waals surface area contributed by atoms with Crippen LogP contribution < -0.4 is 10.6 Å². The van der Waals surface area contributed by atoms with Crippen molar-refractivity contribution in [3.63, 3.8) is 0 Å². The van der Waals surface area contributed by atoms with E-state index in [2.05, 4.69) is 15.6 Å². The zero-order valence-corrected chi connectivity index (χ0v) is 15.5. The Bertz CT molecular complexity index is 710. The van der Waals surface area contributed by atoms with E-state index in [1.807, 2.05) is 6.07 Å². The van der Waals surface area contributed by atoms with E-state index in [1.165, 1.54) is 0 Å². The summed E-state index contributed by atoms with van der Waals surface area (Å²) in [5, 5.41) is 7.29. The molecule has 25 heavy (non-hydrogen) atoms. The number of pyridine rings is 1. The fraction of sp³-hybridized carbons (Fsp3) is 0.333. The van der Waals surface area contributed by atoms with Crippen molar-refractivity contribution in [2.75, 3.05) is 32.1 Å². The Morgan fingerprint density at radius 3 is 2.80 bits per heavy atom. The van der Waals surface area contributed by atoms with Crippen LogP contribution in [0.2, 0.25) is 10.0 Å². The molecule has 1 amide bonds. The molecule has 0 aliphatic heterocycles. The Balaban J connectivity index is 1.83. The summed E-state index contributed by atoms with van der Waals surface area (Å²) in [7, 11) is 1.67. The number of hydrogen-bond donors (Lipinski definition) is 2. The molecule has 5 nitrogen and oxygen atoms in total. The number of nitrogens with zero attached hydrogens (tertiary/aromatic N) is 1. The quantitative estimate of drug-likeness (QED) is 0.648. The standard InChI is InChI=1S/C18H21Cl2N3O2/c1-25-8-2-6-22-16-9-14(11-21-12-16)18(24)23-7-5-13-3-4-15(19)10-17(13)20/h3-4,9-12,22H,2,5-8H2,1H3,(H,23,24). The van der Waals surface area contributed by atoms with E-state index >= 15 is 0 Å². The summed E-state index contributed by atoms with van der Waals surface area (Å²) >= 11 is 12.0. The Morgan fingerprint density at radius 1 is 1.20 bits per heavy atom. The zero-order chi connectivity index (χ0) is 18.1. The molecular formula is C18H21Cl2N3O2. The predicted octanol–water partition coefficient (Wildman–Crippen LogP) is 3.81. The summed E-state index contributed by atoms with van der Waals surface area (Å²) < 4.78 is 5.00. The Morgan fingerprint density at radius 2 is 2.04 bits per heavy atom. The molecule has 2 aromatic rings. The van der Waals surface area contributed by atoms with Gasteiger partial charge in [0, 0.05) is 49.2 Å². The van der Waals surface area contributed by atoms with Gasteiger partial charge < -0.3 is 15.4 Å². The number of rotatable bonds is 9. The number of carbonyl (C=O) groups excluding carboxylic acids is 1. The van der Waals surface area contributed by atoms with Crippen molar-refractivity contribution < 1.29 is 9.53 Å².